The van der Waals surface area contributed by atoms with Crippen molar-refractivity contribution in [3.05, 3.63) is 29.0 Å². The van der Waals surface area contributed by atoms with E-state index in [1.165, 1.54) is 0 Å². The van der Waals surface area contributed by atoms with Crippen LogP contribution in [0.5, 0.6) is 5.75 Å². The largest absolute Gasteiger partial charge is 0.472 e. The molecule has 0 amide bonds. The third-order valence-electron chi connectivity index (χ3n) is 6.61. The minimum absolute atomic E-state index is 0.00396. The maximum absolute atomic E-state index is 13.6. The molecule has 0 radical (unpaired) electrons. The van der Waals surface area contributed by atoms with E-state index in [0.717, 1.165) is 50.8 Å². The molecule has 2 aromatic rings. The smallest absolute Gasteiger partial charge is 0.432 e. The van der Waals surface area contributed by atoms with Gasteiger partial charge in [-0.25, -0.2) is 4.79 Å². The van der Waals surface area contributed by atoms with Crippen LogP contribution in [0.3, 0.4) is 0 Å². The first kappa shape index (κ1) is 18.8. The number of H-pyrrole nitrogens is 1. The molecule has 3 aliphatic heterocycles. The number of ether oxygens (including phenoxy) is 2. The van der Waals surface area contributed by atoms with E-state index in [1.54, 1.807) is 19.1 Å². The molecule has 5 rings (SSSR count). The summed E-state index contributed by atoms with van der Waals surface area (Å²) in [5.74, 6) is -0.0517. The summed E-state index contributed by atoms with van der Waals surface area (Å²) in [7, 11) is 0. The van der Waals surface area contributed by atoms with Gasteiger partial charge in [0.2, 0.25) is 0 Å². The van der Waals surface area contributed by atoms with Gasteiger partial charge < -0.3 is 14.5 Å². The van der Waals surface area contributed by atoms with Crippen LogP contribution >= 0.6 is 0 Å². The van der Waals surface area contributed by atoms with Crippen molar-refractivity contribution >= 4 is 16.9 Å². The van der Waals surface area contributed by atoms with Gasteiger partial charge in [0.25, 0.3) is 0 Å². The predicted molar refractivity (Wildman–Crippen MR) is 99.9 cm³/mol. The molecule has 2 fully saturated rings. The van der Waals surface area contributed by atoms with Gasteiger partial charge in [-0.05, 0) is 50.3 Å². The zero-order valence-electron chi connectivity index (χ0n) is 16.2. The Kier molecular flexibility index (Phi) is 4.14. The second kappa shape index (κ2) is 6.39. The van der Waals surface area contributed by atoms with Crippen LogP contribution in [0.4, 0.5) is 13.2 Å². The molecule has 0 bridgehead atoms. The molecule has 156 valence electrons. The van der Waals surface area contributed by atoms with Crippen molar-refractivity contribution in [2.75, 3.05) is 19.7 Å². The van der Waals surface area contributed by atoms with Crippen LogP contribution in [0.15, 0.2) is 12.1 Å². The summed E-state index contributed by atoms with van der Waals surface area (Å²) in [5, 5.41) is 0.199. The van der Waals surface area contributed by atoms with Crippen LogP contribution in [0.25, 0.3) is 10.9 Å². The molecule has 4 heterocycles. The Morgan fingerprint density at radius 1 is 1.34 bits per heavy atom. The molecular formula is C21H23F3N2O3. The Balaban J connectivity index is 1.66. The predicted octanol–water partition coefficient (Wildman–Crippen LogP) is 4.50. The van der Waals surface area contributed by atoms with Crippen LogP contribution in [-0.2, 0) is 17.3 Å². The van der Waals surface area contributed by atoms with Gasteiger partial charge in [0, 0.05) is 36.3 Å². The fourth-order valence-corrected chi connectivity index (χ4v) is 5.45. The fourth-order valence-electron chi connectivity index (χ4n) is 5.45. The molecule has 0 aliphatic carbocycles. The van der Waals surface area contributed by atoms with Crippen molar-refractivity contribution in [1.82, 2.24) is 9.88 Å². The SMILES string of the molecule is CCOC(=O)c1c(C(F)(F)F)[nH]c2cc3c(cc12)OC12CCCN1CCCC2C3. The van der Waals surface area contributed by atoms with Crippen molar-refractivity contribution in [1.29, 1.82) is 0 Å². The van der Waals surface area contributed by atoms with Crippen LogP contribution in [-0.4, -0.2) is 41.3 Å². The van der Waals surface area contributed by atoms with Crippen LogP contribution < -0.4 is 4.74 Å². The normalized spacial score (nSPS) is 26.6. The molecule has 5 nitrogen and oxygen atoms in total. The number of carbonyl (C=O) groups excluding carboxylic acids is 1. The van der Waals surface area contributed by atoms with E-state index in [2.05, 4.69) is 9.88 Å². The number of halogens is 3. The Bertz CT molecular complexity index is 984. The maximum Gasteiger partial charge on any atom is 0.432 e. The van der Waals surface area contributed by atoms with Gasteiger partial charge in [-0.3, -0.25) is 4.90 Å². The number of benzene rings is 1. The summed E-state index contributed by atoms with van der Waals surface area (Å²) < 4.78 is 52.3. The number of alkyl halides is 3. The third kappa shape index (κ3) is 2.75. The summed E-state index contributed by atoms with van der Waals surface area (Å²) in [5.41, 5.74) is -0.699. The number of esters is 1. The molecule has 2 unspecified atom stereocenters. The maximum atomic E-state index is 13.6. The minimum Gasteiger partial charge on any atom is -0.472 e. The summed E-state index contributed by atoms with van der Waals surface area (Å²) in [6, 6.07) is 3.31. The first-order chi connectivity index (χ1) is 13.8. The minimum atomic E-state index is -4.68. The summed E-state index contributed by atoms with van der Waals surface area (Å²) in [6.45, 7) is 3.56. The van der Waals surface area contributed by atoms with Gasteiger partial charge >= 0.3 is 12.1 Å². The van der Waals surface area contributed by atoms with Crippen LogP contribution in [0.2, 0.25) is 0 Å². The highest BCUT2D eigenvalue weighted by atomic mass is 19.4. The topological polar surface area (TPSA) is 54.6 Å². The number of aromatic amines is 1. The van der Waals surface area contributed by atoms with E-state index in [9.17, 15) is 18.0 Å². The van der Waals surface area contributed by atoms with Gasteiger partial charge in [0.05, 0.1) is 12.2 Å². The standard InChI is InChI=1S/C21H23F3N2O3/c1-2-28-19(27)17-14-11-16-12(10-15(14)25-18(17)21(22,23)24)9-13-5-3-7-26-8-4-6-20(13,26)29-16/h10-11,13,25H,2-9H2,1H3. The van der Waals surface area contributed by atoms with E-state index in [0.29, 0.717) is 11.7 Å². The lowest BCUT2D eigenvalue weighted by Gasteiger charge is -2.50. The van der Waals surface area contributed by atoms with Crippen molar-refractivity contribution in [3.63, 3.8) is 0 Å². The van der Waals surface area contributed by atoms with Crippen molar-refractivity contribution in [2.45, 2.75) is 50.9 Å². The number of nitrogens with zero attached hydrogens (tertiary/aromatic N) is 1. The second-order valence-corrected chi connectivity index (χ2v) is 8.18. The van der Waals surface area contributed by atoms with Crippen LogP contribution in [0.1, 0.15) is 54.2 Å². The van der Waals surface area contributed by atoms with Crippen molar-refractivity contribution < 1.29 is 27.4 Å². The molecule has 8 heteroatoms. The molecule has 1 aromatic carbocycles. The molecule has 2 atom stereocenters. The van der Waals surface area contributed by atoms with Gasteiger partial charge in [0.1, 0.15) is 11.4 Å². The molecule has 0 saturated carbocycles. The average Bonchev–Trinajstić information content (AvgIpc) is 3.24. The quantitative estimate of drug-likeness (QED) is 0.744. The number of piperidine rings is 1. The zero-order chi connectivity index (χ0) is 20.4. The first-order valence-corrected chi connectivity index (χ1v) is 10.2. The lowest BCUT2D eigenvalue weighted by molar-refractivity contribution is -0.141. The lowest BCUT2D eigenvalue weighted by Crippen LogP contribution is -2.59. The summed E-state index contributed by atoms with van der Waals surface area (Å²) in [6.07, 6.45) is 0.251. The van der Waals surface area contributed by atoms with Gasteiger partial charge in [0.15, 0.2) is 5.72 Å². The molecule has 3 aliphatic rings. The number of rotatable bonds is 2. The number of nitrogens with one attached hydrogen (secondary N) is 1. The van der Waals surface area contributed by atoms with Crippen molar-refractivity contribution in [2.24, 2.45) is 5.92 Å². The summed E-state index contributed by atoms with van der Waals surface area (Å²) in [4.78, 5) is 17.2. The van der Waals surface area contributed by atoms with E-state index in [1.807, 2.05) is 0 Å². The summed E-state index contributed by atoms with van der Waals surface area (Å²) >= 11 is 0. The van der Waals surface area contributed by atoms with Crippen LogP contribution in [0, 0.1) is 5.92 Å². The Morgan fingerprint density at radius 3 is 2.90 bits per heavy atom. The number of carbonyl (C=O) groups is 1. The monoisotopic (exact) mass is 408 g/mol. The van der Waals surface area contributed by atoms with E-state index in [4.69, 9.17) is 9.47 Å². The molecule has 1 spiro atoms. The highest BCUT2D eigenvalue weighted by Gasteiger charge is 2.53. The lowest BCUT2D eigenvalue weighted by atomic mass is 9.78. The van der Waals surface area contributed by atoms with Gasteiger partial charge in [-0.1, -0.05) is 0 Å². The molecule has 1 aromatic heterocycles. The van der Waals surface area contributed by atoms with Gasteiger partial charge in [-0.2, -0.15) is 13.2 Å². The molecule has 1 N–H and O–H groups in total. The Hall–Kier alpha value is -2.22. The molecule has 2 saturated heterocycles. The third-order valence-corrected chi connectivity index (χ3v) is 6.61. The Morgan fingerprint density at radius 2 is 2.14 bits per heavy atom. The van der Waals surface area contributed by atoms with Crippen molar-refractivity contribution in [3.8, 4) is 5.75 Å². The Labute approximate surface area is 166 Å². The number of fused-ring (bicyclic) bond motifs is 2. The highest BCUT2D eigenvalue weighted by Crippen LogP contribution is 2.50. The van der Waals surface area contributed by atoms with Gasteiger partial charge in [-0.15, -0.1) is 0 Å². The first-order valence-electron chi connectivity index (χ1n) is 10.2. The fraction of sp³-hybridized carbons (Fsp3) is 0.571. The average molecular weight is 408 g/mol. The van der Waals surface area contributed by atoms with E-state index >= 15 is 0 Å². The molecule has 29 heavy (non-hydrogen) atoms. The van der Waals surface area contributed by atoms with E-state index in [-0.39, 0.29) is 23.2 Å². The van der Waals surface area contributed by atoms with E-state index < -0.39 is 23.4 Å². The number of aromatic nitrogens is 1. The zero-order valence-corrected chi connectivity index (χ0v) is 16.2. The molecular weight excluding hydrogens is 385 g/mol. The second-order valence-electron chi connectivity index (χ2n) is 8.18. The number of hydrogen-bond donors (Lipinski definition) is 1. The number of hydrogen-bond acceptors (Lipinski definition) is 4. The highest BCUT2D eigenvalue weighted by molar-refractivity contribution is 6.06.